The molecule has 94 valence electrons. The monoisotopic (exact) mass is 290 g/mol. The zero-order valence-electron chi connectivity index (χ0n) is 10.5. The Labute approximate surface area is 107 Å². The number of nitrogens with zero attached hydrogens (tertiary/aromatic N) is 1. The van der Waals surface area contributed by atoms with E-state index in [1.54, 1.807) is 0 Å². The molecule has 0 aliphatic carbocycles. The normalized spacial score (nSPS) is 23.7. The molecule has 0 radical (unpaired) electrons. The summed E-state index contributed by atoms with van der Waals surface area (Å²) in [6, 6.07) is 0. The highest BCUT2D eigenvalue weighted by atomic mass is 79.9. The van der Waals surface area contributed by atoms with Crippen molar-refractivity contribution in [1.82, 2.24) is 10.2 Å². The van der Waals surface area contributed by atoms with E-state index < -0.39 is 0 Å². The molecule has 1 aliphatic rings. The van der Waals surface area contributed by atoms with Crippen molar-refractivity contribution in [1.29, 1.82) is 0 Å². The fourth-order valence-corrected chi connectivity index (χ4v) is 2.17. The first-order valence-corrected chi connectivity index (χ1v) is 7.10. The lowest BCUT2D eigenvalue weighted by Gasteiger charge is -2.17. The number of carbonyl (C=O) groups excluding carboxylic acids is 1. The Morgan fingerprint density at radius 2 is 2.25 bits per heavy atom. The van der Waals surface area contributed by atoms with Crippen LogP contribution in [0.1, 0.15) is 27.2 Å². The molecule has 0 bridgehead atoms. The van der Waals surface area contributed by atoms with Gasteiger partial charge in [0.1, 0.15) is 0 Å². The summed E-state index contributed by atoms with van der Waals surface area (Å²) in [6.45, 7) is 10.5. The number of likely N-dealkylation sites (tertiary alicyclic amines) is 1. The van der Waals surface area contributed by atoms with Gasteiger partial charge in [0, 0.05) is 13.1 Å². The number of hydrogen-bond acceptors (Lipinski definition) is 2. The minimum absolute atomic E-state index is 0.0591. The molecule has 0 aromatic carbocycles. The second-order valence-corrected chi connectivity index (χ2v) is 5.93. The fourth-order valence-electron chi connectivity index (χ4n) is 2.01. The first-order chi connectivity index (χ1) is 7.54. The SMILES string of the molecule is CCN1CCC(CNC(=O)C(Br)C(C)C)C1. The molecule has 0 aromatic rings. The summed E-state index contributed by atoms with van der Waals surface area (Å²) in [5.74, 6) is 1.11. The Morgan fingerprint density at radius 1 is 1.56 bits per heavy atom. The highest BCUT2D eigenvalue weighted by molar-refractivity contribution is 9.10. The van der Waals surface area contributed by atoms with E-state index in [4.69, 9.17) is 0 Å². The summed E-state index contributed by atoms with van der Waals surface area (Å²) >= 11 is 3.42. The van der Waals surface area contributed by atoms with E-state index in [2.05, 4.69) is 33.1 Å². The predicted molar refractivity (Wildman–Crippen MR) is 70.8 cm³/mol. The van der Waals surface area contributed by atoms with Crippen molar-refractivity contribution in [2.75, 3.05) is 26.2 Å². The molecule has 1 aliphatic heterocycles. The average molecular weight is 291 g/mol. The van der Waals surface area contributed by atoms with Gasteiger partial charge in [0.25, 0.3) is 0 Å². The minimum atomic E-state index is -0.0591. The van der Waals surface area contributed by atoms with Crippen LogP contribution in [-0.2, 0) is 4.79 Å². The Morgan fingerprint density at radius 3 is 2.75 bits per heavy atom. The van der Waals surface area contributed by atoms with E-state index in [1.165, 1.54) is 13.0 Å². The highest BCUT2D eigenvalue weighted by Crippen LogP contribution is 2.16. The lowest BCUT2D eigenvalue weighted by Crippen LogP contribution is -2.37. The van der Waals surface area contributed by atoms with Crippen LogP contribution >= 0.6 is 15.9 Å². The Kier molecular flexibility index (Phi) is 5.76. The van der Waals surface area contributed by atoms with Gasteiger partial charge in [-0.1, -0.05) is 36.7 Å². The molecule has 0 aromatic heterocycles. The van der Waals surface area contributed by atoms with Crippen LogP contribution in [0, 0.1) is 11.8 Å². The fraction of sp³-hybridized carbons (Fsp3) is 0.917. The first kappa shape index (κ1) is 14.0. The summed E-state index contributed by atoms with van der Waals surface area (Å²) in [4.78, 5) is 14.1. The van der Waals surface area contributed by atoms with E-state index in [9.17, 15) is 4.79 Å². The van der Waals surface area contributed by atoms with Crippen molar-refractivity contribution < 1.29 is 4.79 Å². The maximum Gasteiger partial charge on any atom is 0.234 e. The van der Waals surface area contributed by atoms with Crippen molar-refractivity contribution in [3.63, 3.8) is 0 Å². The topological polar surface area (TPSA) is 32.3 Å². The van der Waals surface area contributed by atoms with Gasteiger partial charge in [0.05, 0.1) is 4.83 Å². The number of nitrogens with one attached hydrogen (secondary N) is 1. The summed E-state index contributed by atoms with van der Waals surface area (Å²) in [5.41, 5.74) is 0. The lowest BCUT2D eigenvalue weighted by molar-refractivity contribution is -0.121. The van der Waals surface area contributed by atoms with Crippen LogP contribution in [0.15, 0.2) is 0 Å². The van der Waals surface area contributed by atoms with E-state index in [0.29, 0.717) is 11.8 Å². The number of hydrogen-bond donors (Lipinski definition) is 1. The molecule has 1 fully saturated rings. The van der Waals surface area contributed by atoms with Crippen LogP contribution in [0.2, 0.25) is 0 Å². The van der Waals surface area contributed by atoms with Gasteiger partial charge in [0.2, 0.25) is 5.91 Å². The quantitative estimate of drug-likeness (QED) is 0.784. The average Bonchev–Trinajstić information content (AvgIpc) is 2.72. The van der Waals surface area contributed by atoms with Gasteiger partial charge in [0.15, 0.2) is 0 Å². The molecule has 1 N–H and O–H groups in total. The van der Waals surface area contributed by atoms with E-state index in [-0.39, 0.29) is 10.7 Å². The molecule has 3 nitrogen and oxygen atoms in total. The minimum Gasteiger partial charge on any atom is -0.355 e. The van der Waals surface area contributed by atoms with Gasteiger partial charge < -0.3 is 10.2 Å². The van der Waals surface area contributed by atoms with Gasteiger partial charge in [-0.3, -0.25) is 4.79 Å². The van der Waals surface area contributed by atoms with Crippen LogP contribution in [0.5, 0.6) is 0 Å². The maximum atomic E-state index is 11.7. The van der Waals surface area contributed by atoms with Gasteiger partial charge in [-0.15, -0.1) is 0 Å². The van der Waals surface area contributed by atoms with Crippen LogP contribution in [-0.4, -0.2) is 41.8 Å². The predicted octanol–water partition coefficient (Wildman–Crippen LogP) is 1.86. The van der Waals surface area contributed by atoms with Crippen molar-refractivity contribution in [2.24, 2.45) is 11.8 Å². The standard InChI is InChI=1S/C12H23BrN2O/c1-4-15-6-5-10(8-15)7-14-12(16)11(13)9(2)3/h9-11H,4-8H2,1-3H3,(H,14,16). The molecular formula is C12H23BrN2O. The number of carbonyl (C=O) groups is 1. The van der Waals surface area contributed by atoms with Crippen molar-refractivity contribution in [3.05, 3.63) is 0 Å². The molecule has 16 heavy (non-hydrogen) atoms. The summed E-state index contributed by atoms with van der Waals surface area (Å²) in [6.07, 6.45) is 1.21. The Balaban J connectivity index is 2.22. The third-order valence-corrected chi connectivity index (χ3v) is 4.69. The number of amides is 1. The van der Waals surface area contributed by atoms with E-state index in [1.807, 2.05) is 13.8 Å². The summed E-state index contributed by atoms with van der Waals surface area (Å²) in [7, 11) is 0. The Bertz CT molecular complexity index is 233. The maximum absolute atomic E-state index is 11.7. The van der Waals surface area contributed by atoms with Crippen molar-refractivity contribution >= 4 is 21.8 Å². The van der Waals surface area contributed by atoms with Gasteiger partial charge in [-0.05, 0) is 31.3 Å². The number of halogens is 1. The third kappa shape index (κ3) is 4.06. The summed E-state index contributed by atoms with van der Waals surface area (Å²) in [5, 5.41) is 3.04. The zero-order chi connectivity index (χ0) is 12.1. The third-order valence-electron chi connectivity index (χ3n) is 3.22. The molecule has 1 rings (SSSR count). The number of rotatable bonds is 5. The highest BCUT2D eigenvalue weighted by Gasteiger charge is 2.23. The molecule has 1 heterocycles. The molecule has 1 amide bonds. The molecule has 1 saturated heterocycles. The molecule has 2 atom stereocenters. The Hall–Kier alpha value is -0.0900. The summed E-state index contributed by atoms with van der Waals surface area (Å²) < 4.78 is 0. The van der Waals surface area contributed by atoms with E-state index in [0.717, 1.165) is 19.6 Å². The van der Waals surface area contributed by atoms with Crippen LogP contribution in [0.4, 0.5) is 0 Å². The lowest BCUT2D eigenvalue weighted by atomic mass is 10.1. The smallest absolute Gasteiger partial charge is 0.234 e. The van der Waals surface area contributed by atoms with Gasteiger partial charge in [-0.25, -0.2) is 0 Å². The van der Waals surface area contributed by atoms with Gasteiger partial charge in [-0.2, -0.15) is 0 Å². The molecule has 0 spiro atoms. The van der Waals surface area contributed by atoms with Crippen molar-refractivity contribution in [2.45, 2.75) is 32.0 Å². The molecular weight excluding hydrogens is 268 g/mol. The van der Waals surface area contributed by atoms with Crippen LogP contribution in [0.3, 0.4) is 0 Å². The van der Waals surface area contributed by atoms with Gasteiger partial charge >= 0.3 is 0 Å². The first-order valence-electron chi connectivity index (χ1n) is 6.18. The number of alkyl halides is 1. The largest absolute Gasteiger partial charge is 0.355 e. The van der Waals surface area contributed by atoms with E-state index >= 15 is 0 Å². The van der Waals surface area contributed by atoms with Crippen molar-refractivity contribution in [3.8, 4) is 0 Å². The molecule has 2 unspecified atom stereocenters. The second-order valence-electron chi connectivity index (χ2n) is 4.94. The second kappa shape index (κ2) is 6.60. The van der Waals surface area contributed by atoms with Crippen LogP contribution in [0.25, 0.3) is 0 Å². The zero-order valence-corrected chi connectivity index (χ0v) is 12.1. The molecule has 0 saturated carbocycles. The van der Waals surface area contributed by atoms with Crippen LogP contribution < -0.4 is 5.32 Å². The molecule has 4 heteroatoms.